The Kier molecular flexibility index (Phi) is 6.05. The Labute approximate surface area is 166 Å². The summed E-state index contributed by atoms with van der Waals surface area (Å²) < 4.78 is 2.10. The summed E-state index contributed by atoms with van der Waals surface area (Å²) >= 11 is 1.58. The average molecular weight is 373 g/mol. The second kappa shape index (κ2) is 8.65. The number of rotatable bonds is 7. The highest BCUT2D eigenvalue weighted by molar-refractivity contribution is 8.01. The van der Waals surface area contributed by atoms with E-state index in [9.17, 15) is 0 Å². The minimum absolute atomic E-state index is 0.745. The van der Waals surface area contributed by atoms with Crippen LogP contribution in [0.5, 0.6) is 0 Å². The molecule has 0 atom stereocenters. The van der Waals surface area contributed by atoms with Crippen molar-refractivity contribution in [2.24, 2.45) is 0 Å². The highest BCUT2D eigenvalue weighted by atomic mass is 32.2. The van der Waals surface area contributed by atoms with Crippen LogP contribution >= 0.6 is 11.9 Å². The van der Waals surface area contributed by atoms with E-state index in [1.165, 1.54) is 11.1 Å². The van der Waals surface area contributed by atoms with E-state index in [4.69, 9.17) is 0 Å². The highest BCUT2D eigenvalue weighted by Crippen LogP contribution is 2.43. The van der Waals surface area contributed by atoms with Crippen LogP contribution in [0.15, 0.2) is 121 Å². The number of benzene rings is 2. The molecule has 2 nitrogen and oxygen atoms in total. The summed E-state index contributed by atoms with van der Waals surface area (Å²) in [4.78, 5) is 2.13. The molecule has 0 aromatic heterocycles. The number of nitrogens with zero attached hydrogens (tertiary/aromatic N) is 2. The third kappa shape index (κ3) is 4.26. The van der Waals surface area contributed by atoms with E-state index in [-0.39, 0.29) is 0 Å². The largest absolute Gasteiger partial charge is 0.317 e. The van der Waals surface area contributed by atoms with Crippen LogP contribution in [0.25, 0.3) is 0 Å². The van der Waals surface area contributed by atoms with E-state index < -0.39 is 0 Å². The lowest BCUT2D eigenvalue weighted by Gasteiger charge is -2.24. The van der Waals surface area contributed by atoms with Gasteiger partial charge in [-0.1, -0.05) is 93.1 Å². The Balaban J connectivity index is 1.86. The molecule has 2 aromatic carbocycles. The summed E-state index contributed by atoms with van der Waals surface area (Å²) in [6.45, 7) is 17.3. The van der Waals surface area contributed by atoms with Gasteiger partial charge in [0.25, 0.3) is 0 Å². The molecule has 3 rings (SSSR count). The van der Waals surface area contributed by atoms with Crippen molar-refractivity contribution in [3.05, 3.63) is 132 Å². The Hall–Kier alpha value is -2.91. The van der Waals surface area contributed by atoms with Gasteiger partial charge in [-0.2, -0.15) is 0 Å². The van der Waals surface area contributed by atoms with E-state index >= 15 is 0 Å². The van der Waals surface area contributed by atoms with Gasteiger partial charge in [-0.3, -0.25) is 4.31 Å². The van der Waals surface area contributed by atoms with Gasteiger partial charge in [0, 0.05) is 11.9 Å². The van der Waals surface area contributed by atoms with Crippen molar-refractivity contribution in [3.63, 3.8) is 0 Å². The standard InChI is InChI=1S/C24H24N2S/c1-5-23(17-21-13-9-7-10-14-21)24(6-2)26-19(3)25(20(4)27-26)18-22-15-11-8-12-16-22/h5-16H,1-4,17-18H2/b24-23-. The maximum absolute atomic E-state index is 4.31. The second-order valence-corrected chi connectivity index (χ2v) is 7.27. The molecule has 1 heterocycles. The van der Waals surface area contributed by atoms with Gasteiger partial charge in [0.2, 0.25) is 0 Å². The molecule has 0 bridgehead atoms. The predicted molar refractivity (Wildman–Crippen MR) is 117 cm³/mol. The van der Waals surface area contributed by atoms with Gasteiger partial charge in [0.05, 0.1) is 17.3 Å². The smallest absolute Gasteiger partial charge is 0.117 e. The Bertz CT molecular complexity index is 881. The molecule has 2 aromatic rings. The van der Waals surface area contributed by atoms with Gasteiger partial charge in [0.1, 0.15) is 5.82 Å². The lowest BCUT2D eigenvalue weighted by molar-refractivity contribution is 0.405. The van der Waals surface area contributed by atoms with Crippen LogP contribution in [0, 0.1) is 0 Å². The number of hydrogen-bond acceptors (Lipinski definition) is 3. The summed E-state index contributed by atoms with van der Waals surface area (Å²) in [5, 5.41) is 0.950. The maximum Gasteiger partial charge on any atom is 0.117 e. The molecule has 0 spiro atoms. The first-order valence-corrected chi connectivity index (χ1v) is 9.60. The minimum Gasteiger partial charge on any atom is -0.317 e. The second-order valence-electron chi connectivity index (χ2n) is 6.25. The molecule has 0 unspecified atom stereocenters. The lowest BCUT2D eigenvalue weighted by Crippen LogP contribution is -2.20. The van der Waals surface area contributed by atoms with Gasteiger partial charge < -0.3 is 4.90 Å². The summed E-state index contributed by atoms with van der Waals surface area (Å²) in [5.41, 5.74) is 4.57. The van der Waals surface area contributed by atoms with Gasteiger partial charge in [-0.05, 0) is 29.2 Å². The van der Waals surface area contributed by atoms with Crippen LogP contribution in [0.4, 0.5) is 0 Å². The quantitative estimate of drug-likeness (QED) is 0.418. The van der Waals surface area contributed by atoms with E-state index in [1.54, 1.807) is 11.9 Å². The van der Waals surface area contributed by atoms with E-state index in [2.05, 4.69) is 71.9 Å². The van der Waals surface area contributed by atoms with E-state index in [0.29, 0.717) is 0 Å². The van der Waals surface area contributed by atoms with Crippen LogP contribution in [-0.2, 0) is 13.0 Å². The third-order valence-corrected chi connectivity index (χ3v) is 5.47. The molecule has 0 radical (unpaired) electrons. The SMILES string of the molecule is C=C/C(Cc1ccccc1)=C(\C=C)N1SC(=C)N(Cc2ccccc2)C1=C. The normalized spacial score (nSPS) is 15.0. The maximum atomic E-state index is 4.31. The fourth-order valence-electron chi connectivity index (χ4n) is 3.02. The first kappa shape index (κ1) is 18.9. The zero-order chi connectivity index (χ0) is 19.2. The highest BCUT2D eigenvalue weighted by Gasteiger charge is 2.30. The molecule has 1 saturated heterocycles. The van der Waals surface area contributed by atoms with Crippen molar-refractivity contribution in [1.82, 2.24) is 9.21 Å². The Morgan fingerprint density at radius 1 is 0.852 bits per heavy atom. The molecule has 27 heavy (non-hydrogen) atoms. The van der Waals surface area contributed by atoms with E-state index in [1.807, 2.05) is 36.4 Å². The van der Waals surface area contributed by atoms with Crippen LogP contribution < -0.4 is 0 Å². The number of allylic oxidation sites excluding steroid dienone is 3. The molecular weight excluding hydrogens is 348 g/mol. The lowest BCUT2D eigenvalue weighted by atomic mass is 10.0. The molecule has 1 aliphatic rings. The van der Waals surface area contributed by atoms with Crippen molar-refractivity contribution >= 4 is 11.9 Å². The molecule has 3 heteroatoms. The molecule has 1 fully saturated rings. The summed E-state index contributed by atoms with van der Waals surface area (Å²) in [5.74, 6) is 0.885. The summed E-state index contributed by atoms with van der Waals surface area (Å²) in [6, 6.07) is 20.7. The predicted octanol–water partition coefficient (Wildman–Crippen LogP) is 6.26. The monoisotopic (exact) mass is 372 g/mol. The van der Waals surface area contributed by atoms with Crippen LogP contribution in [0.1, 0.15) is 11.1 Å². The zero-order valence-corrected chi connectivity index (χ0v) is 16.3. The van der Waals surface area contributed by atoms with E-state index in [0.717, 1.165) is 35.1 Å². The first-order chi connectivity index (χ1) is 13.1. The van der Waals surface area contributed by atoms with Crippen LogP contribution in [-0.4, -0.2) is 9.21 Å². The fourth-order valence-corrected chi connectivity index (χ4v) is 4.00. The van der Waals surface area contributed by atoms with Crippen molar-refractivity contribution in [2.75, 3.05) is 0 Å². The molecule has 0 saturated carbocycles. The summed E-state index contributed by atoms with van der Waals surface area (Å²) in [7, 11) is 0. The van der Waals surface area contributed by atoms with Crippen molar-refractivity contribution in [1.29, 1.82) is 0 Å². The zero-order valence-electron chi connectivity index (χ0n) is 15.5. The molecule has 0 aliphatic carbocycles. The first-order valence-electron chi connectivity index (χ1n) is 8.83. The van der Waals surface area contributed by atoms with Gasteiger partial charge in [0.15, 0.2) is 0 Å². The Morgan fingerprint density at radius 3 is 2.00 bits per heavy atom. The van der Waals surface area contributed by atoms with Crippen LogP contribution in [0.3, 0.4) is 0 Å². The molecule has 136 valence electrons. The fraction of sp³-hybridized carbons (Fsp3) is 0.0833. The van der Waals surface area contributed by atoms with Crippen molar-refractivity contribution in [3.8, 4) is 0 Å². The van der Waals surface area contributed by atoms with Crippen molar-refractivity contribution < 1.29 is 0 Å². The third-order valence-electron chi connectivity index (χ3n) is 4.45. The molecule has 0 N–H and O–H groups in total. The minimum atomic E-state index is 0.745. The molecule has 0 amide bonds. The average Bonchev–Trinajstić information content (AvgIpc) is 2.97. The van der Waals surface area contributed by atoms with Gasteiger partial charge >= 0.3 is 0 Å². The summed E-state index contributed by atoms with van der Waals surface area (Å²) in [6.07, 6.45) is 4.57. The number of hydrogen-bond donors (Lipinski definition) is 0. The topological polar surface area (TPSA) is 6.48 Å². The molecule has 1 aliphatic heterocycles. The van der Waals surface area contributed by atoms with Gasteiger partial charge in [-0.25, -0.2) is 0 Å². The molecular formula is C24H24N2S. The van der Waals surface area contributed by atoms with Crippen molar-refractivity contribution in [2.45, 2.75) is 13.0 Å². The van der Waals surface area contributed by atoms with Crippen LogP contribution in [0.2, 0.25) is 0 Å². The van der Waals surface area contributed by atoms with Gasteiger partial charge in [-0.15, -0.1) is 0 Å². The Morgan fingerprint density at radius 2 is 1.44 bits per heavy atom.